The number of hydrogen-bond donors (Lipinski definition) is 1. The van der Waals surface area contributed by atoms with E-state index in [2.05, 4.69) is 10.4 Å². The number of hydrogen-bond acceptors (Lipinski definition) is 7. The molecule has 10 nitrogen and oxygen atoms in total. The predicted molar refractivity (Wildman–Crippen MR) is 137 cm³/mol. The molecule has 2 fully saturated rings. The first-order chi connectivity index (χ1) is 19.9. The molecule has 14 heteroatoms. The second-order valence-corrected chi connectivity index (χ2v) is 10.5. The first kappa shape index (κ1) is 27.8. The third-order valence-corrected chi connectivity index (χ3v) is 7.79. The molecule has 3 aliphatic rings. The smallest absolute Gasteiger partial charge is 0.420 e. The number of amides is 3. The van der Waals surface area contributed by atoms with Crippen LogP contribution in [0.3, 0.4) is 0 Å². The molecule has 6 rings (SSSR count). The highest BCUT2D eigenvalue weighted by molar-refractivity contribution is 6.05. The molecule has 3 amide bonds. The molecule has 42 heavy (non-hydrogen) atoms. The number of anilines is 1. The summed E-state index contributed by atoms with van der Waals surface area (Å²) in [4.78, 5) is 40.9. The molecule has 1 N–H and O–H groups in total. The van der Waals surface area contributed by atoms with Gasteiger partial charge < -0.3 is 14.8 Å². The maximum Gasteiger partial charge on any atom is 0.420 e. The van der Waals surface area contributed by atoms with Gasteiger partial charge in [0.15, 0.2) is 18.1 Å². The van der Waals surface area contributed by atoms with Gasteiger partial charge in [-0.05, 0) is 54.8 Å². The Kier molecular flexibility index (Phi) is 6.57. The molecule has 3 aromatic rings. The van der Waals surface area contributed by atoms with Gasteiger partial charge in [0.25, 0.3) is 11.8 Å². The number of rotatable bonds is 7. The second-order valence-electron chi connectivity index (χ2n) is 10.5. The van der Waals surface area contributed by atoms with Crippen LogP contribution in [0, 0.1) is 5.82 Å². The molecule has 4 atom stereocenters. The Labute approximate surface area is 236 Å². The van der Waals surface area contributed by atoms with Crippen molar-refractivity contribution in [3.63, 3.8) is 0 Å². The third kappa shape index (κ3) is 4.79. The quantitative estimate of drug-likeness (QED) is 0.328. The van der Waals surface area contributed by atoms with Gasteiger partial charge in [-0.2, -0.15) is 18.3 Å². The number of nitrogens with zero attached hydrogens (tertiary/aromatic N) is 4. The Balaban J connectivity index is 1.21. The minimum absolute atomic E-state index is 0.122. The van der Waals surface area contributed by atoms with E-state index < -0.39 is 54.0 Å². The molecule has 2 aromatic carbocycles. The Bertz CT molecular complexity index is 1580. The molecule has 2 aliphatic heterocycles. The summed E-state index contributed by atoms with van der Waals surface area (Å²) in [6, 6.07) is 9.39. The van der Waals surface area contributed by atoms with Gasteiger partial charge >= 0.3 is 12.3 Å². The minimum Gasteiger partial charge on any atom is -0.427 e. The van der Waals surface area contributed by atoms with E-state index in [0.717, 1.165) is 28.9 Å². The van der Waals surface area contributed by atoms with Crippen molar-refractivity contribution in [1.29, 1.82) is 0 Å². The maximum absolute atomic E-state index is 13.8. The molecule has 1 spiro atoms. The number of epoxide rings is 1. The summed E-state index contributed by atoms with van der Waals surface area (Å²) >= 11 is 0. The molecule has 3 heterocycles. The molecule has 1 aromatic heterocycles. The van der Waals surface area contributed by atoms with Crippen LogP contribution in [0.4, 0.5) is 28.0 Å². The number of nitrogens with one attached hydrogen (secondary N) is 1. The summed E-state index contributed by atoms with van der Waals surface area (Å²) in [6.07, 6.45) is -6.09. The number of carbonyl (C=O) groups is 3. The summed E-state index contributed by atoms with van der Waals surface area (Å²) in [5.74, 6) is -1.69. The van der Waals surface area contributed by atoms with Crippen LogP contribution in [-0.2, 0) is 39.9 Å². The number of imide groups is 1. The van der Waals surface area contributed by atoms with Crippen LogP contribution in [0.15, 0.2) is 54.7 Å². The number of ether oxygens (including phenoxy) is 2. The first-order valence-electron chi connectivity index (χ1n) is 13.1. The van der Waals surface area contributed by atoms with Crippen LogP contribution < -0.4 is 5.32 Å². The summed E-state index contributed by atoms with van der Waals surface area (Å²) < 4.78 is 67.3. The Hall–Kier alpha value is -4.30. The highest BCUT2D eigenvalue weighted by atomic mass is 19.4. The van der Waals surface area contributed by atoms with Crippen molar-refractivity contribution in [1.82, 2.24) is 19.6 Å². The number of aryl methyl sites for hydroxylation is 2. The zero-order valence-electron chi connectivity index (χ0n) is 22.4. The van der Waals surface area contributed by atoms with Crippen LogP contribution >= 0.6 is 0 Å². The van der Waals surface area contributed by atoms with Crippen LogP contribution in [0.1, 0.15) is 40.5 Å². The van der Waals surface area contributed by atoms with E-state index in [0.29, 0.717) is 28.8 Å². The average molecular weight is 588 g/mol. The van der Waals surface area contributed by atoms with Gasteiger partial charge in [-0.3, -0.25) is 19.2 Å². The monoisotopic (exact) mass is 587 g/mol. The minimum atomic E-state index is -4.64. The lowest BCUT2D eigenvalue weighted by Crippen LogP contribution is -2.48. The summed E-state index contributed by atoms with van der Waals surface area (Å²) in [7, 11) is 1.68. The number of benzene rings is 2. The topological polar surface area (TPSA) is 109 Å². The molecule has 1 aliphatic carbocycles. The maximum atomic E-state index is 13.8. The Morgan fingerprint density at radius 2 is 1.93 bits per heavy atom. The van der Waals surface area contributed by atoms with Gasteiger partial charge in [-0.25, -0.2) is 14.1 Å². The van der Waals surface area contributed by atoms with Crippen LogP contribution in [0.2, 0.25) is 0 Å². The fraction of sp³-hybridized carbons (Fsp3) is 0.357. The van der Waals surface area contributed by atoms with E-state index in [1.54, 1.807) is 37.5 Å². The van der Waals surface area contributed by atoms with Gasteiger partial charge in [0.1, 0.15) is 11.9 Å². The van der Waals surface area contributed by atoms with Crippen molar-refractivity contribution in [2.75, 3.05) is 5.32 Å². The molecule has 2 saturated heterocycles. The average Bonchev–Trinajstić information content (AvgIpc) is 3.29. The highest BCUT2D eigenvalue weighted by Gasteiger charge is 2.65. The fourth-order valence-corrected chi connectivity index (χ4v) is 5.48. The van der Waals surface area contributed by atoms with Crippen molar-refractivity contribution < 1.29 is 41.4 Å². The van der Waals surface area contributed by atoms with E-state index >= 15 is 0 Å². The molecule has 0 bridgehead atoms. The standard InChI is InChI=1S/C28H25F4N5O5/c1-15(28(30,31)32)36(14-16-3-5-18(29)6-4-16)23-24(41-23)37-25(39)27(42-26(37)40)11-9-17-13-19(7-8-20(17)27)33-22(38)21-10-12-35(2)34-21/h3-8,10,12-13,15,23-24H,9,11,14H2,1-2H3,(H,33,38)/t15-,23?,24?,27+/m0/s1. The zero-order chi connectivity index (χ0) is 30.0. The Morgan fingerprint density at radius 1 is 1.19 bits per heavy atom. The number of fused-ring (bicyclic) bond motifs is 2. The molecular weight excluding hydrogens is 562 g/mol. The van der Waals surface area contributed by atoms with Crippen molar-refractivity contribution in [3.8, 4) is 0 Å². The van der Waals surface area contributed by atoms with E-state index in [1.807, 2.05) is 0 Å². The Morgan fingerprint density at radius 3 is 2.60 bits per heavy atom. The van der Waals surface area contributed by atoms with Crippen molar-refractivity contribution >= 4 is 23.6 Å². The molecule has 220 valence electrons. The molecular formula is C28H25F4N5O5. The van der Waals surface area contributed by atoms with Gasteiger partial charge in [0.2, 0.25) is 5.60 Å². The SMILES string of the molecule is C[C@H](N(Cc1ccc(F)cc1)C1OC1N1C(=O)O[C@@]2(CCc3cc(NC(=O)c4ccn(C)n4)ccc32)C1=O)C(F)(F)F. The number of alkyl halides is 3. The van der Waals surface area contributed by atoms with Gasteiger partial charge in [0, 0.05) is 37.5 Å². The lowest BCUT2D eigenvalue weighted by molar-refractivity contribution is -0.186. The van der Waals surface area contributed by atoms with Crippen LogP contribution in [0.5, 0.6) is 0 Å². The van der Waals surface area contributed by atoms with Gasteiger partial charge in [0.05, 0.1) is 0 Å². The highest BCUT2D eigenvalue weighted by Crippen LogP contribution is 2.49. The van der Waals surface area contributed by atoms with E-state index in [-0.39, 0.29) is 18.7 Å². The number of aromatic nitrogens is 2. The van der Waals surface area contributed by atoms with Gasteiger partial charge in [-0.1, -0.05) is 18.2 Å². The summed E-state index contributed by atoms with van der Waals surface area (Å²) in [5, 5.41) is 6.80. The van der Waals surface area contributed by atoms with Gasteiger partial charge in [-0.15, -0.1) is 0 Å². The fourth-order valence-electron chi connectivity index (χ4n) is 5.48. The number of halogens is 4. The third-order valence-electron chi connectivity index (χ3n) is 7.79. The summed E-state index contributed by atoms with van der Waals surface area (Å²) in [6.45, 7) is 0.686. The predicted octanol–water partition coefficient (Wildman–Crippen LogP) is 4.07. The lowest BCUT2D eigenvalue weighted by Gasteiger charge is -2.29. The molecule has 0 radical (unpaired) electrons. The van der Waals surface area contributed by atoms with E-state index in [1.165, 1.54) is 16.8 Å². The van der Waals surface area contributed by atoms with Crippen LogP contribution in [-0.4, -0.2) is 62.2 Å². The zero-order valence-corrected chi connectivity index (χ0v) is 22.4. The first-order valence-corrected chi connectivity index (χ1v) is 13.1. The lowest BCUT2D eigenvalue weighted by atomic mass is 9.94. The molecule has 2 unspecified atom stereocenters. The van der Waals surface area contributed by atoms with Crippen LogP contribution in [0.25, 0.3) is 0 Å². The second kappa shape index (κ2) is 9.91. The normalized spacial score (nSPS) is 23.8. The van der Waals surface area contributed by atoms with E-state index in [9.17, 15) is 31.9 Å². The number of carbonyl (C=O) groups excluding carboxylic acids is 3. The van der Waals surface area contributed by atoms with Crippen molar-refractivity contribution in [3.05, 3.63) is 82.9 Å². The van der Waals surface area contributed by atoms with Crippen molar-refractivity contribution in [2.24, 2.45) is 7.05 Å². The van der Waals surface area contributed by atoms with E-state index in [4.69, 9.17) is 9.47 Å². The summed E-state index contributed by atoms with van der Waals surface area (Å²) in [5.41, 5.74) is 0.529. The largest absolute Gasteiger partial charge is 0.427 e. The molecule has 0 saturated carbocycles. The van der Waals surface area contributed by atoms with Crippen molar-refractivity contribution in [2.45, 2.75) is 56.6 Å².